The number of halogens is 2. The van der Waals surface area contributed by atoms with Gasteiger partial charge in [0.2, 0.25) is 0 Å². The minimum Gasteiger partial charge on any atom is -0.314 e. The number of carbonyl (C=O) groups excluding carboxylic acids is 1. The average molecular weight is 274 g/mol. The van der Waals surface area contributed by atoms with Crippen LogP contribution >= 0.6 is 0 Å². The Balaban J connectivity index is 1.85. The molecule has 2 aromatic carbocycles. The summed E-state index contributed by atoms with van der Waals surface area (Å²) in [6, 6.07) is 10.8. The van der Waals surface area contributed by atoms with E-state index in [4.69, 9.17) is 0 Å². The predicted molar refractivity (Wildman–Crippen MR) is 74.0 cm³/mol. The molecule has 0 unspecified atom stereocenters. The van der Waals surface area contributed by atoms with E-state index in [0.717, 1.165) is 5.56 Å². The van der Waals surface area contributed by atoms with Gasteiger partial charge in [0, 0.05) is 11.9 Å². The van der Waals surface area contributed by atoms with E-state index in [1.807, 2.05) is 0 Å². The van der Waals surface area contributed by atoms with Crippen LogP contribution < -0.4 is 10.6 Å². The molecule has 0 heterocycles. The summed E-state index contributed by atoms with van der Waals surface area (Å²) < 4.78 is 25.4. The molecule has 0 aliphatic rings. The number of hydrogen-bond acceptors (Lipinski definition) is 1. The molecule has 102 valence electrons. The van der Waals surface area contributed by atoms with Gasteiger partial charge in [-0.2, -0.15) is 0 Å². The lowest BCUT2D eigenvalue weighted by molar-refractivity contribution is 0.255. The summed E-state index contributed by atoms with van der Waals surface area (Å²) in [4.78, 5) is 11.5. The van der Waals surface area contributed by atoms with Gasteiger partial charge in [-0.05, 0) is 48.0 Å². The summed E-state index contributed by atoms with van der Waals surface area (Å²) in [5.74, 6) is -0.684. The van der Waals surface area contributed by atoms with Gasteiger partial charge in [-0.3, -0.25) is 0 Å². The van der Waals surface area contributed by atoms with Crippen LogP contribution in [0.4, 0.5) is 19.3 Å². The number of urea groups is 1. The van der Waals surface area contributed by atoms with Crippen molar-refractivity contribution in [3.63, 3.8) is 0 Å². The maximum Gasteiger partial charge on any atom is 0.323 e. The number of amides is 2. The first kappa shape index (κ1) is 13.7. The van der Waals surface area contributed by atoms with E-state index in [-0.39, 0.29) is 11.6 Å². The molecule has 0 aromatic heterocycles. The van der Waals surface area contributed by atoms with E-state index in [1.54, 1.807) is 18.2 Å². The smallest absolute Gasteiger partial charge is 0.314 e. The van der Waals surface area contributed by atoms with Crippen LogP contribution in [0.1, 0.15) is 5.56 Å². The molecule has 2 aromatic rings. The zero-order chi connectivity index (χ0) is 14.4. The highest BCUT2D eigenvalue weighted by Gasteiger charge is 1.99. The fourth-order valence-electron chi connectivity index (χ4n) is 1.49. The van der Waals surface area contributed by atoms with Gasteiger partial charge in [0.25, 0.3) is 0 Å². The molecule has 3 nitrogen and oxygen atoms in total. The molecule has 0 fully saturated rings. The number of benzene rings is 2. The quantitative estimate of drug-likeness (QED) is 0.879. The third-order valence-electron chi connectivity index (χ3n) is 2.46. The Hall–Kier alpha value is -2.69. The average Bonchev–Trinajstić information content (AvgIpc) is 2.44. The van der Waals surface area contributed by atoms with Gasteiger partial charge >= 0.3 is 6.03 Å². The normalized spacial score (nSPS) is 10.5. The fourth-order valence-corrected chi connectivity index (χ4v) is 1.49. The maximum absolute atomic E-state index is 12.7. The van der Waals surface area contributed by atoms with Gasteiger partial charge in [-0.25, -0.2) is 13.6 Å². The summed E-state index contributed by atoms with van der Waals surface area (Å²) in [5, 5.41) is 5.03. The van der Waals surface area contributed by atoms with Crippen molar-refractivity contribution < 1.29 is 13.6 Å². The Bertz CT molecular complexity index is 607. The van der Waals surface area contributed by atoms with Gasteiger partial charge in [0.1, 0.15) is 11.6 Å². The number of carbonyl (C=O) groups is 1. The number of hydrogen-bond donors (Lipinski definition) is 2. The van der Waals surface area contributed by atoms with E-state index >= 15 is 0 Å². The summed E-state index contributed by atoms with van der Waals surface area (Å²) in [6.07, 6.45) is 3.07. The van der Waals surface area contributed by atoms with Crippen LogP contribution in [0.2, 0.25) is 0 Å². The van der Waals surface area contributed by atoms with Crippen molar-refractivity contribution in [2.45, 2.75) is 0 Å². The highest BCUT2D eigenvalue weighted by molar-refractivity contribution is 5.90. The second-order valence-corrected chi connectivity index (χ2v) is 3.99. The number of nitrogens with one attached hydrogen (secondary N) is 2. The zero-order valence-corrected chi connectivity index (χ0v) is 10.4. The Morgan fingerprint density at radius 1 is 0.900 bits per heavy atom. The number of anilines is 1. The van der Waals surface area contributed by atoms with E-state index in [9.17, 15) is 13.6 Å². The van der Waals surface area contributed by atoms with Crippen molar-refractivity contribution >= 4 is 17.8 Å². The summed E-state index contributed by atoms with van der Waals surface area (Å²) >= 11 is 0. The second-order valence-electron chi connectivity index (χ2n) is 3.99. The van der Waals surface area contributed by atoms with Crippen molar-refractivity contribution in [3.05, 3.63) is 71.9 Å². The van der Waals surface area contributed by atoms with Crippen molar-refractivity contribution in [2.75, 3.05) is 5.32 Å². The van der Waals surface area contributed by atoms with Crippen LogP contribution in [-0.4, -0.2) is 6.03 Å². The van der Waals surface area contributed by atoms with E-state index < -0.39 is 6.03 Å². The third kappa shape index (κ3) is 4.20. The molecule has 0 aliphatic heterocycles. The molecule has 0 saturated carbocycles. The molecule has 0 aliphatic carbocycles. The molecule has 0 spiro atoms. The minimum atomic E-state index is -0.449. The number of rotatable bonds is 3. The lowest BCUT2D eigenvalue weighted by Gasteiger charge is -2.04. The molecule has 20 heavy (non-hydrogen) atoms. The SMILES string of the molecule is O=C(N/C=C/c1ccc(F)cc1)Nc1ccc(F)cc1. The van der Waals surface area contributed by atoms with Crippen molar-refractivity contribution in [1.82, 2.24) is 5.32 Å². The van der Waals surface area contributed by atoms with E-state index in [0.29, 0.717) is 5.69 Å². The minimum absolute atomic E-state index is 0.316. The van der Waals surface area contributed by atoms with Gasteiger partial charge in [-0.15, -0.1) is 0 Å². The first-order valence-corrected chi connectivity index (χ1v) is 5.89. The Morgan fingerprint density at radius 2 is 1.45 bits per heavy atom. The van der Waals surface area contributed by atoms with Gasteiger partial charge < -0.3 is 10.6 Å². The molecular formula is C15H12F2N2O. The standard InChI is InChI=1S/C15H12F2N2O/c16-12-3-1-11(2-4-12)9-10-18-15(20)19-14-7-5-13(17)6-8-14/h1-10H,(H2,18,19,20)/b10-9+. The topological polar surface area (TPSA) is 41.1 Å². The molecule has 0 atom stereocenters. The van der Waals surface area contributed by atoms with Gasteiger partial charge in [0.15, 0.2) is 0 Å². The summed E-state index contributed by atoms with van der Waals surface area (Å²) in [6.45, 7) is 0. The van der Waals surface area contributed by atoms with Crippen molar-refractivity contribution in [2.24, 2.45) is 0 Å². The van der Waals surface area contributed by atoms with Crippen LogP contribution in [0.5, 0.6) is 0 Å². The van der Waals surface area contributed by atoms with Crippen molar-refractivity contribution in [1.29, 1.82) is 0 Å². The van der Waals surface area contributed by atoms with Crippen LogP contribution in [0.3, 0.4) is 0 Å². The lowest BCUT2D eigenvalue weighted by Crippen LogP contribution is -2.23. The highest BCUT2D eigenvalue weighted by Crippen LogP contribution is 2.08. The first-order chi connectivity index (χ1) is 9.63. The first-order valence-electron chi connectivity index (χ1n) is 5.89. The third-order valence-corrected chi connectivity index (χ3v) is 2.46. The summed E-state index contributed by atoms with van der Waals surface area (Å²) in [5.41, 5.74) is 1.24. The Kier molecular flexibility index (Phi) is 4.44. The molecule has 2 N–H and O–H groups in total. The molecule has 0 radical (unpaired) electrons. The monoisotopic (exact) mass is 274 g/mol. The molecule has 5 heteroatoms. The van der Waals surface area contributed by atoms with Crippen molar-refractivity contribution in [3.8, 4) is 0 Å². The maximum atomic E-state index is 12.7. The van der Waals surface area contributed by atoms with E-state index in [2.05, 4.69) is 10.6 Å². The molecular weight excluding hydrogens is 262 g/mol. The van der Waals surface area contributed by atoms with Crippen LogP contribution in [0.15, 0.2) is 54.7 Å². The largest absolute Gasteiger partial charge is 0.323 e. The van der Waals surface area contributed by atoms with Crippen LogP contribution in [0.25, 0.3) is 6.08 Å². The van der Waals surface area contributed by atoms with Crippen LogP contribution in [-0.2, 0) is 0 Å². The Labute approximate surface area is 114 Å². The second kappa shape index (κ2) is 6.47. The molecule has 0 bridgehead atoms. The summed E-state index contributed by atoms with van der Waals surface area (Å²) in [7, 11) is 0. The predicted octanol–water partition coefficient (Wildman–Crippen LogP) is 3.76. The zero-order valence-electron chi connectivity index (χ0n) is 10.4. The molecule has 2 rings (SSSR count). The molecule has 2 amide bonds. The fraction of sp³-hybridized carbons (Fsp3) is 0. The van der Waals surface area contributed by atoms with Gasteiger partial charge in [0.05, 0.1) is 0 Å². The van der Waals surface area contributed by atoms with E-state index in [1.165, 1.54) is 42.6 Å². The molecule has 0 saturated heterocycles. The lowest BCUT2D eigenvalue weighted by atomic mass is 10.2. The van der Waals surface area contributed by atoms with Crippen LogP contribution in [0, 0.1) is 11.6 Å². The Morgan fingerprint density at radius 3 is 2.05 bits per heavy atom. The van der Waals surface area contributed by atoms with Gasteiger partial charge in [-0.1, -0.05) is 12.1 Å². The highest BCUT2D eigenvalue weighted by atomic mass is 19.1.